The summed E-state index contributed by atoms with van der Waals surface area (Å²) in [5.41, 5.74) is 3.09. The molecule has 4 aromatic rings. The third-order valence-electron chi connectivity index (χ3n) is 4.34. The molecular weight excluding hydrogens is 401 g/mol. The molecule has 0 saturated heterocycles. The Hall–Kier alpha value is -3.58. The molecule has 0 aliphatic carbocycles. The van der Waals surface area contributed by atoms with Gasteiger partial charge < -0.3 is 10.1 Å². The molecule has 0 radical (unpaired) electrons. The molecule has 0 atom stereocenters. The summed E-state index contributed by atoms with van der Waals surface area (Å²) in [4.78, 5) is 20.8. The Kier molecular flexibility index (Phi) is 6.10. The van der Waals surface area contributed by atoms with Gasteiger partial charge in [-0.1, -0.05) is 24.3 Å². The fourth-order valence-electron chi connectivity index (χ4n) is 2.75. The number of benzene rings is 2. The van der Waals surface area contributed by atoms with Crippen molar-refractivity contribution in [1.82, 2.24) is 15.3 Å². The van der Waals surface area contributed by atoms with Crippen molar-refractivity contribution in [2.24, 2.45) is 0 Å². The Bertz CT molecular complexity index is 1130. The van der Waals surface area contributed by atoms with E-state index in [1.54, 1.807) is 29.9 Å². The van der Waals surface area contributed by atoms with E-state index >= 15 is 0 Å². The van der Waals surface area contributed by atoms with Crippen LogP contribution in [-0.2, 0) is 13.2 Å². The van der Waals surface area contributed by atoms with Crippen LogP contribution in [0.15, 0.2) is 78.4 Å². The summed E-state index contributed by atoms with van der Waals surface area (Å²) >= 11 is 1.40. The van der Waals surface area contributed by atoms with E-state index in [1.165, 1.54) is 23.5 Å². The molecule has 2 heterocycles. The molecule has 0 unspecified atom stereocenters. The van der Waals surface area contributed by atoms with Gasteiger partial charge in [0.2, 0.25) is 0 Å². The molecule has 0 aliphatic rings. The first-order chi connectivity index (χ1) is 14.7. The van der Waals surface area contributed by atoms with Crippen molar-refractivity contribution in [1.29, 1.82) is 0 Å². The van der Waals surface area contributed by atoms with Crippen molar-refractivity contribution in [3.63, 3.8) is 0 Å². The Balaban J connectivity index is 1.39. The minimum Gasteiger partial charge on any atom is -0.489 e. The molecule has 2 aromatic carbocycles. The fraction of sp³-hybridized carbons (Fsp3) is 0.0870. The molecule has 4 rings (SSSR count). The zero-order valence-electron chi connectivity index (χ0n) is 15.9. The number of thiazole rings is 1. The summed E-state index contributed by atoms with van der Waals surface area (Å²) in [6, 6.07) is 17.4. The van der Waals surface area contributed by atoms with Crippen molar-refractivity contribution in [3.05, 3.63) is 101 Å². The van der Waals surface area contributed by atoms with Crippen LogP contribution in [0.3, 0.4) is 0 Å². The summed E-state index contributed by atoms with van der Waals surface area (Å²) in [6.07, 6.45) is 3.38. The molecule has 1 amide bonds. The lowest BCUT2D eigenvalue weighted by Crippen LogP contribution is -2.23. The monoisotopic (exact) mass is 419 g/mol. The van der Waals surface area contributed by atoms with Crippen LogP contribution in [0.2, 0.25) is 0 Å². The summed E-state index contributed by atoms with van der Waals surface area (Å²) in [6.45, 7) is 0.755. The second-order valence-corrected chi connectivity index (χ2v) is 7.38. The van der Waals surface area contributed by atoms with Crippen LogP contribution in [-0.4, -0.2) is 15.9 Å². The molecule has 0 spiro atoms. The fourth-order valence-corrected chi connectivity index (χ4v) is 3.55. The van der Waals surface area contributed by atoms with Gasteiger partial charge in [-0.05, 0) is 47.5 Å². The highest BCUT2D eigenvalue weighted by molar-refractivity contribution is 7.13. The van der Waals surface area contributed by atoms with Gasteiger partial charge in [-0.15, -0.1) is 11.3 Å². The van der Waals surface area contributed by atoms with E-state index in [0.717, 1.165) is 21.7 Å². The number of pyridine rings is 1. The second-order valence-electron chi connectivity index (χ2n) is 6.52. The summed E-state index contributed by atoms with van der Waals surface area (Å²) in [5, 5.41) is 5.33. The van der Waals surface area contributed by atoms with Crippen LogP contribution in [0, 0.1) is 5.82 Å². The molecule has 0 saturated carbocycles. The van der Waals surface area contributed by atoms with Crippen LogP contribution in [0.1, 0.15) is 21.6 Å². The maximum atomic E-state index is 13.0. The van der Waals surface area contributed by atoms with E-state index in [4.69, 9.17) is 4.74 Å². The standard InChI is InChI=1S/C23H18FN3O2S/c24-19-6-4-17(5-7-19)14-29-20-3-1-2-18(12-20)23-27-21(15-30-23)22(28)26-13-16-8-10-25-11-9-16/h1-12,15H,13-14H2,(H,26,28). The maximum absolute atomic E-state index is 13.0. The SMILES string of the molecule is O=C(NCc1ccncc1)c1csc(-c2cccc(OCc3ccc(F)cc3)c2)n1. The lowest BCUT2D eigenvalue weighted by Gasteiger charge is -2.07. The van der Waals surface area contributed by atoms with Gasteiger partial charge in [0.25, 0.3) is 5.91 Å². The first-order valence-corrected chi connectivity index (χ1v) is 10.2. The number of aromatic nitrogens is 2. The van der Waals surface area contributed by atoms with Gasteiger partial charge >= 0.3 is 0 Å². The predicted octanol–water partition coefficient (Wildman–Crippen LogP) is 4.85. The normalized spacial score (nSPS) is 10.6. The second kappa shape index (κ2) is 9.28. The number of ether oxygens (including phenoxy) is 1. The topological polar surface area (TPSA) is 64.1 Å². The molecule has 0 bridgehead atoms. The third-order valence-corrected chi connectivity index (χ3v) is 5.23. The molecule has 0 aliphatic heterocycles. The largest absolute Gasteiger partial charge is 0.489 e. The minimum absolute atomic E-state index is 0.224. The molecule has 1 N–H and O–H groups in total. The molecular formula is C23H18FN3O2S. The summed E-state index contributed by atoms with van der Waals surface area (Å²) in [5.74, 6) is 0.180. The number of halogens is 1. The number of amides is 1. The van der Waals surface area contributed by atoms with Crippen molar-refractivity contribution in [3.8, 4) is 16.3 Å². The molecule has 30 heavy (non-hydrogen) atoms. The lowest BCUT2D eigenvalue weighted by molar-refractivity contribution is 0.0946. The van der Waals surface area contributed by atoms with Crippen LogP contribution in [0.4, 0.5) is 4.39 Å². The van der Waals surface area contributed by atoms with Gasteiger partial charge in [-0.3, -0.25) is 9.78 Å². The van der Waals surface area contributed by atoms with Gasteiger partial charge in [0, 0.05) is 29.9 Å². The van der Waals surface area contributed by atoms with E-state index in [9.17, 15) is 9.18 Å². The van der Waals surface area contributed by atoms with E-state index in [2.05, 4.69) is 15.3 Å². The number of hydrogen-bond acceptors (Lipinski definition) is 5. The van der Waals surface area contributed by atoms with Gasteiger partial charge in [0.1, 0.15) is 28.9 Å². The maximum Gasteiger partial charge on any atom is 0.271 e. The van der Waals surface area contributed by atoms with Crippen LogP contribution in [0.5, 0.6) is 5.75 Å². The smallest absolute Gasteiger partial charge is 0.271 e. The third kappa shape index (κ3) is 5.07. The summed E-state index contributed by atoms with van der Waals surface area (Å²) < 4.78 is 18.8. The highest BCUT2D eigenvalue weighted by Gasteiger charge is 2.12. The molecule has 5 nitrogen and oxygen atoms in total. The quantitative estimate of drug-likeness (QED) is 0.465. The number of nitrogens with zero attached hydrogens (tertiary/aromatic N) is 2. The van der Waals surface area contributed by atoms with Crippen molar-refractivity contribution in [2.75, 3.05) is 0 Å². The first kappa shape index (κ1) is 19.7. The van der Waals surface area contributed by atoms with Crippen LogP contribution in [0.25, 0.3) is 10.6 Å². The number of carbonyl (C=O) groups excluding carboxylic acids is 1. The Morgan fingerprint density at radius 2 is 1.83 bits per heavy atom. The zero-order chi connectivity index (χ0) is 20.8. The van der Waals surface area contributed by atoms with Gasteiger partial charge in [0.15, 0.2) is 0 Å². The average Bonchev–Trinajstić information content (AvgIpc) is 3.29. The predicted molar refractivity (Wildman–Crippen MR) is 114 cm³/mol. The van der Waals surface area contributed by atoms with Crippen LogP contribution < -0.4 is 10.1 Å². The molecule has 0 fully saturated rings. The Morgan fingerprint density at radius 3 is 2.63 bits per heavy atom. The van der Waals surface area contributed by atoms with Gasteiger partial charge in [0.05, 0.1) is 0 Å². The lowest BCUT2D eigenvalue weighted by atomic mass is 10.2. The van der Waals surface area contributed by atoms with E-state index in [1.807, 2.05) is 36.4 Å². The summed E-state index contributed by atoms with van der Waals surface area (Å²) in [7, 11) is 0. The Labute approximate surface area is 177 Å². The Morgan fingerprint density at radius 1 is 1.03 bits per heavy atom. The van der Waals surface area contributed by atoms with E-state index in [-0.39, 0.29) is 11.7 Å². The van der Waals surface area contributed by atoms with Crippen molar-refractivity contribution < 1.29 is 13.9 Å². The van der Waals surface area contributed by atoms with Crippen molar-refractivity contribution in [2.45, 2.75) is 13.2 Å². The number of hydrogen-bond donors (Lipinski definition) is 1. The zero-order valence-corrected chi connectivity index (χ0v) is 16.7. The van der Waals surface area contributed by atoms with Crippen molar-refractivity contribution >= 4 is 17.2 Å². The van der Waals surface area contributed by atoms with Gasteiger partial charge in [-0.25, -0.2) is 9.37 Å². The number of nitrogens with one attached hydrogen (secondary N) is 1. The van der Waals surface area contributed by atoms with E-state index < -0.39 is 0 Å². The van der Waals surface area contributed by atoms with Gasteiger partial charge in [-0.2, -0.15) is 0 Å². The first-order valence-electron chi connectivity index (χ1n) is 9.28. The minimum atomic E-state index is -0.273. The highest BCUT2D eigenvalue weighted by atomic mass is 32.1. The molecule has 2 aromatic heterocycles. The van der Waals surface area contributed by atoms with Crippen LogP contribution >= 0.6 is 11.3 Å². The number of rotatable bonds is 7. The molecule has 150 valence electrons. The highest BCUT2D eigenvalue weighted by Crippen LogP contribution is 2.27. The number of carbonyl (C=O) groups is 1. The van der Waals surface area contributed by atoms with E-state index in [0.29, 0.717) is 24.6 Å². The average molecular weight is 419 g/mol. The molecule has 7 heteroatoms.